The van der Waals surface area contributed by atoms with E-state index in [4.69, 9.17) is 4.74 Å². The molecule has 29 heavy (non-hydrogen) atoms. The minimum atomic E-state index is -0.779. The largest absolute Gasteiger partial charge is 0.368 e. The van der Waals surface area contributed by atoms with Gasteiger partial charge in [-0.05, 0) is 62.7 Å². The molecule has 0 aromatic heterocycles. The molecule has 3 N–H and O–H groups in total. The van der Waals surface area contributed by atoms with Gasteiger partial charge in [0.15, 0.2) is 0 Å². The van der Waals surface area contributed by atoms with Crippen LogP contribution in [-0.2, 0) is 9.53 Å². The number of carbonyl (C=O) groups is 2. The first-order valence-corrected chi connectivity index (χ1v) is 9.57. The van der Waals surface area contributed by atoms with Gasteiger partial charge in [0.25, 0.3) is 11.8 Å². The van der Waals surface area contributed by atoms with Crippen LogP contribution in [0.4, 0.5) is 5.69 Å². The van der Waals surface area contributed by atoms with E-state index in [1.165, 1.54) is 0 Å². The molecule has 1 aliphatic heterocycles. The lowest BCUT2D eigenvalue weighted by Gasteiger charge is -2.35. The highest BCUT2D eigenvalue weighted by molar-refractivity contribution is 6.04. The second-order valence-corrected chi connectivity index (χ2v) is 7.09. The Balaban J connectivity index is 0.00000300. The van der Waals surface area contributed by atoms with Crippen molar-refractivity contribution in [3.8, 4) is 0 Å². The van der Waals surface area contributed by atoms with E-state index < -0.39 is 5.60 Å². The van der Waals surface area contributed by atoms with Gasteiger partial charge in [-0.2, -0.15) is 0 Å². The van der Waals surface area contributed by atoms with E-state index in [2.05, 4.69) is 16.0 Å². The smallest absolute Gasteiger partial charge is 0.255 e. The van der Waals surface area contributed by atoms with Gasteiger partial charge in [-0.25, -0.2) is 0 Å². The number of rotatable bonds is 6. The number of nitrogens with one attached hydrogen (secondary N) is 3. The molecule has 1 fully saturated rings. The lowest BCUT2D eigenvalue weighted by Crippen LogP contribution is -2.54. The summed E-state index contributed by atoms with van der Waals surface area (Å²) in [4.78, 5) is 25.2. The Morgan fingerprint density at radius 3 is 2.41 bits per heavy atom. The Bertz CT molecular complexity index is 823. The normalized spacial score (nSPS) is 16.2. The van der Waals surface area contributed by atoms with Gasteiger partial charge in [-0.3, -0.25) is 9.59 Å². The van der Waals surface area contributed by atoms with Gasteiger partial charge < -0.3 is 20.7 Å². The second kappa shape index (κ2) is 10.4. The summed E-state index contributed by atoms with van der Waals surface area (Å²) in [6, 6.07) is 16.4. The van der Waals surface area contributed by atoms with E-state index in [0.29, 0.717) is 24.1 Å². The highest BCUT2D eigenvalue weighted by atomic mass is 35.5. The molecule has 1 unspecified atom stereocenters. The number of piperidine rings is 1. The summed E-state index contributed by atoms with van der Waals surface area (Å²) in [5.74, 6) is -0.259. The number of ether oxygens (including phenoxy) is 1. The van der Waals surface area contributed by atoms with Crippen LogP contribution in [-0.4, -0.2) is 37.6 Å². The fourth-order valence-electron chi connectivity index (χ4n) is 3.44. The first-order valence-electron chi connectivity index (χ1n) is 9.57. The van der Waals surface area contributed by atoms with Gasteiger partial charge in [0.2, 0.25) is 0 Å². The van der Waals surface area contributed by atoms with Crippen LogP contribution >= 0.6 is 12.4 Å². The van der Waals surface area contributed by atoms with Crippen LogP contribution in [0.1, 0.15) is 41.7 Å². The monoisotopic (exact) mass is 417 g/mol. The van der Waals surface area contributed by atoms with Crippen molar-refractivity contribution in [3.05, 3.63) is 65.7 Å². The lowest BCUT2D eigenvalue weighted by molar-refractivity contribution is -0.147. The van der Waals surface area contributed by atoms with Gasteiger partial charge in [-0.15, -0.1) is 12.4 Å². The van der Waals surface area contributed by atoms with Crippen LogP contribution in [0.5, 0.6) is 0 Å². The van der Waals surface area contributed by atoms with Crippen molar-refractivity contribution in [3.63, 3.8) is 0 Å². The van der Waals surface area contributed by atoms with Crippen LogP contribution in [0.25, 0.3) is 0 Å². The van der Waals surface area contributed by atoms with Crippen LogP contribution in [0.3, 0.4) is 0 Å². The topological polar surface area (TPSA) is 79.5 Å². The first-order chi connectivity index (χ1) is 13.5. The molecule has 0 saturated carbocycles. The van der Waals surface area contributed by atoms with Crippen molar-refractivity contribution < 1.29 is 14.3 Å². The van der Waals surface area contributed by atoms with Crippen LogP contribution in [0.15, 0.2) is 54.6 Å². The third-order valence-electron chi connectivity index (χ3n) is 5.24. The summed E-state index contributed by atoms with van der Waals surface area (Å²) in [5, 5.41) is 9.22. The number of carbonyl (C=O) groups excluding carboxylic acids is 2. The Morgan fingerprint density at radius 1 is 1.07 bits per heavy atom. The number of halogens is 1. The number of hydrogen-bond acceptors (Lipinski definition) is 4. The molecule has 0 bridgehead atoms. The fourth-order valence-corrected chi connectivity index (χ4v) is 3.44. The lowest BCUT2D eigenvalue weighted by atomic mass is 9.90. The summed E-state index contributed by atoms with van der Waals surface area (Å²) in [6.07, 6.45) is 1.30. The predicted molar refractivity (Wildman–Crippen MR) is 116 cm³/mol. The molecule has 2 amide bonds. The fraction of sp³-hybridized carbons (Fsp3) is 0.364. The molecule has 7 heteroatoms. The maximum Gasteiger partial charge on any atom is 0.255 e. The summed E-state index contributed by atoms with van der Waals surface area (Å²) >= 11 is 0. The van der Waals surface area contributed by atoms with Gasteiger partial charge in [0.05, 0.1) is 6.04 Å². The molecule has 2 aromatic carbocycles. The summed E-state index contributed by atoms with van der Waals surface area (Å²) in [7, 11) is 1.59. The Hall–Kier alpha value is -2.41. The quantitative estimate of drug-likeness (QED) is 0.673. The average Bonchev–Trinajstić information content (AvgIpc) is 2.75. The maximum absolute atomic E-state index is 12.8. The summed E-state index contributed by atoms with van der Waals surface area (Å²) < 4.78 is 5.59. The Kier molecular flexibility index (Phi) is 8.20. The van der Waals surface area contributed by atoms with Gasteiger partial charge in [0.1, 0.15) is 5.60 Å². The van der Waals surface area contributed by atoms with Crippen molar-refractivity contribution in [1.82, 2.24) is 10.6 Å². The number of benzene rings is 2. The summed E-state index contributed by atoms with van der Waals surface area (Å²) in [6.45, 7) is 3.45. The number of amides is 2. The highest BCUT2D eigenvalue weighted by Gasteiger charge is 2.40. The molecular formula is C22H28ClN3O3. The van der Waals surface area contributed by atoms with E-state index in [1.54, 1.807) is 19.2 Å². The van der Waals surface area contributed by atoms with Crippen LogP contribution in [0, 0.1) is 0 Å². The third-order valence-corrected chi connectivity index (χ3v) is 5.24. The standard InChI is InChI=1S/C22H27N3O3.ClH/c1-16(24-21(27)22(28-2)11-13-23-14-12-22)18-9-6-10-19(15-18)25-20(26)17-7-4-3-5-8-17;/h3-10,15-16,23H,11-14H2,1-2H3,(H,24,27)(H,25,26);1H. The predicted octanol–water partition coefficient (Wildman–Crippen LogP) is 3.31. The van der Waals surface area contributed by atoms with Crippen molar-refractivity contribution in [2.75, 3.05) is 25.5 Å². The van der Waals surface area contributed by atoms with Gasteiger partial charge in [-0.1, -0.05) is 30.3 Å². The van der Waals surface area contributed by atoms with Crippen molar-refractivity contribution in [2.45, 2.75) is 31.4 Å². The minimum Gasteiger partial charge on any atom is -0.368 e. The van der Waals surface area contributed by atoms with Gasteiger partial charge in [0, 0.05) is 18.4 Å². The van der Waals surface area contributed by atoms with Crippen molar-refractivity contribution in [1.29, 1.82) is 0 Å². The maximum atomic E-state index is 12.8. The zero-order valence-electron chi connectivity index (χ0n) is 16.7. The van der Waals surface area contributed by atoms with E-state index in [1.807, 2.05) is 49.4 Å². The molecule has 0 spiro atoms. The van der Waals surface area contributed by atoms with Crippen molar-refractivity contribution >= 4 is 29.9 Å². The first kappa shape index (κ1) is 22.9. The highest BCUT2D eigenvalue weighted by Crippen LogP contribution is 2.25. The van der Waals surface area contributed by atoms with E-state index in [9.17, 15) is 9.59 Å². The SMILES string of the molecule is COC1(C(=O)NC(C)c2cccc(NC(=O)c3ccccc3)c2)CCNCC1.Cl. The molecule has 0 aliphatic carbocycles. The van der Waals surface area contributed by atoms with Gasteiger partial charge >= 0.3 is 0 Å². The Morgan fingerprint density at radius 2 is 1.76 bits per heavy atom. The Labute approximate surface area is 177 Å². The van der Waals surface area contributed by atoms with E-state index >= 15 is 0 Å². The van der Waals surface area contributed by atoms with Crippen LogP contribution in [0.2, 0.25) is 0 Å². The minimum absolute atomic E-state index is 0. The van der Waals surface area contributed by atoms with Crippen LogP contribution < -0.4 is 16.0 Å². The zero-order valence-corrected chi connectivity index (χ0v) is 17.6. The number of methoxy groups -OCH3 is 1. The zero-order chi connectivity index (χ0) is 20.0. The average molecular weight is 418 g/mol. The molecule has 156 valence electrons. The molecule has 1 heterocycles. The summed E-state index contributed by atoms with van der Waals surface area (Å²) in [5.41, 5.74) is 1.43. The molecule has 1 atom stereocenters. The molecule has 0 radical (unpaired) electrons. The second-order valence-electron chi connectivity index (χ2n) is 7.09. The van der Waals surface area contributed by atoms with E-state index in [0.717, 1.165) is 18.7 Å². The number of hydrogen-bond donors (Lipinski definition) is 3. The molecular weight excluding hydrogens is 390 g/mol. The molecule has 6 nitrogen and oxygen atoms in total. The van der Waals surface area contributed by atoms with Crippen molar-refractivity contribution in [2.24, 2.45) is 0 Å². The molecule has 2 aromatic rings. The molecule has 3 rings (SSSR count). The molecule has 1 aliphatic rings. The molecule has 1 saturated heterocycles. The number of anilines is 1. The third kappa shape index (κ3) is 5.56. The van der Waals surface area contributed by atoms with E-state index in [-0.39, 0.29) is 30.3 Å².